The first-order valence-electron chi connectivity index (χ1n) is 5.52. The van der Waals surface area contributed by atoms with Crippen molar-refractivity contribution in [1.29, 1.82) is 0 Å². The van der Waals surface area contributed by atoms with Crippen LogP contribution in [0.2, 0.25) is 5.02 Å². The summed E-state index contributed by atoms with van der Waals surface area (Å²) < 4.78 is 1.79. The fraction of sp³-hybridized carbons (Fsp3) is 0.0769. The van der Waals surface area contributed by atoms with Crippen molar-refractivity contribution in [2.75, 3.05) is 5.73 Å². The number of hydrogen-bond donors (Lipinski definition) is 1. The Morgan fingerprint density at radius 3 is 2.89 bits per heavy atom. The lowest BCUT2D eigenvalue weighted by Crippen LogP contribution is -1.95. The van der Waals surface area contributed by atoms with Crippen LogP contribution in [0.15, 0.2) is 36.7 Å². The fourth-order valence-corrected chi connectivity index (χ4v) is 2.24. The Bertz CT molecular complexity index is 719. The number of pyridine rings is 2. The SMILES string of the molecule is Cc1cc(Cl)cn2c(N)c(-c3ccccn3)nc12. The summed E-state index contributed by atoms with van der Waals surface area (Å²) in [6.45, 7) is 1.95. The van der Waals surface area contributed by atoms with Crippen LogP contribution in [0.5, 0.6) is 0 Å². The second kappa shape index (κ2) is 3.99. The van der Waals surface area contributed by atoms with Gasteiger partial charge in [0.2, 0.25) is 0 Å². The predicted octanol–water partition coefficient (Wildman–Crippen LogP) is 2.94. The van der Waals surface area contributed by atoms with E-state index in [0.29, 0.717) is 16.5 Å². The number of nitrogen functional groups attached to an aromatic ring is 1. The van der Waals surface area contributed by atoms with E-state index in [2.05, 4.69) is 9.97 Å². The van der Waals surface area contributed by atoms with Gasteiger partial charge in [0.25, 0.3) is 0 Å². The minimum Gasteiger partial charge on any atom is -0.383 e. The maximum absolute atomic E-state index is 6.11. The van der Waals surface area contributed by atoms with Gasteiger partial charge in [-0.25, -0.2) is 4.98 Å². The van der Waals surface area contributed by atoms with Crippen LogP contribution in [0.1, 0.15) is 5.56 Å². The van der Waals surface area contributed by atoms with Crippen molar-refractivity contribution in [3.63, 3.8) is 0 Å². The van der Waals surface area contributed by atoms with Crippen molar-refractivity contribution in [2.24, 2.45) is 0 Å². The van der Waals surface area contributed by atoms with Gasteiger partial charge in [0.1, 0.15) is 17.2 Å². The number of fused-ring (bicyclic) bond motifs is 1. The second-order valence-electron chi connectivity index (χ2n) is 4.10. The number of anilines is 1. The van der Waals surface area contributed by atoms with E-state index in [-0.39, 0.29) is 0 Å². The van der Waals surface area contributed by atoms with Gasteiger partial charge in [-0.3, -0.25) is 9.38 Å². The molecule has 4 nitrogen and oxygen atoms in total. The van der Waals surface area contributed by atoms with Crippen molar-refractivity contribution < 1.29 is 0 Å². The minimum atomic E-state index is 0.550. The van der Waals surface area contributed by atoms with Crippen molar-refractivity contribution in [1.82, 2.24) is 14.4 Å². The van der Waals surface area contributed by atoms with Gasteiger partial charge in [0.05, 0.1) is 10.7 Å². The van der Waals surface area contributed by atoms with Crippen LogP contribution in [-0.2, 0) is 0 Å². The van der Waals surface area contributed by atoms with Gasteiger partial charge in [-0.15, -0.1) is 0 Å². The summed E-state index contributed by atoms with van der Waals surface area (Å²) >= 11 is 6.03. The summed E-state index contributed by atoms with van der Waals surface area (Å²) in [7, 11) is 0. The Hall–Kier alpha value is -2.07. The highest BCUT2D eigenvalue weighted by molar-refractivity contribution is 6.30. The minimum absolute atomic E-state index is 0.550. The summed E-state index contributed by atoms with van der Waals surface area (Å²) in [5.74, 6) is 0.550. The largest absolute Gasteiger partial charge is 0.383 e. The molecule has 5 heteroatoms. The second-order valence-corrected chi connectivity index (χ2v) is 4.53. The molecule has 0 saturated heterocycles. The molecule has 0 saturated carbocycles. The highest BCUT2D eigenvalue weighted by Crippen LogP contribution is 2.27. The molecule has 0 aliphatic carbocycles. The van der Waals surface area contributed by atoms with Crippen LogP contribution >= 0.6 is 11.6 Å². The molecule has 0 unspecified atom stereocenters. The zero-order chi connectivity index (χ0) is 12.7. The molecule has 2 N–H and O–H groups in total. The summed E-state index contributed by atoms with van der Waals surface area (Å²) in [5, 5.41) is 0.636. The van der Waals surface area contributed by atoms with Crippen molar-refractivity contribution in [2.45, 2.75) is 6.92 Å². The summed E-state index contributed by atoms with van der Waals surface area (Å²) in [5.41, 5.74) is 9.34. The van der Waals surface area contributed by atoms with Gasteiger partial charge >= 0.3 is 0 Å². The zero-order valence-electron chi connectivity index (χ0n) is 9.76. The third kappa shape index (κ3) is 1.62. The average molecular weight is 259 g/mol. The normalized spacial score (nSPS) is 11.0. The Morgan fingerprint density at radius 2 is 2.17 bits per heavy atom. The Kier molecular flexibility index (Phi) is 2.45. The number of aromatic nitrogens is 3. The third-order valence-corrected chi connectivity index (χ3v) is 3.02. The van der Waals surface area contributed by atoms with Gasteiger partial charge in [-0.2, -0.15) is 0 Å². The molecule has 0 aliphatic rings. The quantitative estimate of drug-likeness (QED) is 0.730. The van der Waals surface area contributed by atoms with Crippen molar-refractivity contribution in [3.8, 4) is 11.4 Å². The zero-order valence-corrected chi connectivity index (χ0v) is 10.5. The molecular formula is C13H11ClN4. The molecule has 3 aromatic heterocycles. The lowest BCUT2D eigenvalue weighted by molar-refractivity contribution is 1.17. The molecule has 3 heterocycles. The van der Waals surface area contributed by atoms with Gasteiger partial charge in [0, 0.05) is 12.4 Å². The predicted molar refractivity (Wildman–Crippen MR) is 72.6 cm³/mol. The highest BCUT2D eigenvalue weighted by atomic mass is 35.5. The van der Waals surface area contributed by atoms with E-state index in [0.717, 1.165) is 16.9 Å². The number of rotatable bonds is 1. The van der Waals surface area contributed by atoms with E-state index in [1.165, 1.54) is 0 Å². The number of nitrogens with zero attached hydrogens (tertiary/aromatic N) is 3. The van der Waals surface area contributed by atoms with Gasteiger partial charge in [0.15, 0.2) is 0 Å². The topological polar surface area (TPSA) is 56.2 Å². The van der Waals surface area contributed by atoms with Crippen molar-refractivity contribution >= 4 is 23.1 Å². The standard InChI is InChI=1S/C13H11ClN4/c1-8-6-9(14)7-18-12(15)11(17-13(8)18)10-4-2-3-5-16-10/h2-7H,15H2,1H3. The summed E-state index contributed by atoms with van der Waals surface area (Å²) in [6, 6.07) is 7.52. The van der Waals surface area contributed by atoms with Crippen LogP contribution in [0.25, 0.3) is 17.0 Å². The smallest absolute Gasteiger partial charge is 0.142 e. The number of nitrogens with two attached hydrogens (primary N) is 1. The van der Waals surface area contributed by atoms with Crippen LogP contribution in [0, 0.1) is 6.92 Å². The van der Waals surface area contributed by atoms with Gasteiger partial charge in [-0.1, -0.05) is 17.7 Å². The molecule has 0 aromatic carbocycles. The maximum atomic E-state index is 6.11. The monoisotopic (exact) mass is 258 g/mol. The average Bonchev–Trinajstić information content (AvgIpc) is 2.69. The van der Waals surface area contributed by atoms with Crippen LogP contribution in [-0.4, -0.2) is 14.4 Å². The summed E-state index contributed by atoms with van der Waals surface area (Å²) in [6.07, 6.45) is 3.48. The van der Waals surface area contributed by atoms with E-state index in [1.54, 1.807) is 16.8 Å². The fourth-order valence-electron chi connectivity index (χ4n) is 1.98. The third-order valence-electron chi connectivity index (χ3n) is 2.82. The molecule has 0 spiro atoms. The first-order chi connectivity index (χ1) is 8.66. The van der Waals surface area contributed by atoms with E-state index in [1.807, 2.05) is 31.2 Å². The van der Waals surface area contributed by atoms with E-state index < -0.39 is 0 Å². The van der Waals surface area contributed by atoms with Crippen LogP contribution < -0.4 is 5.73 Å². The molecule has 0 radical (unpaired) electrons. The molecular weight excluding hydrogens is 248 g/mol. The summed E-state index contributed by atoms with van der Waals surface area (Å²) in [4.78, 5) is 8.81. The molecule has 0 aliphatic heterocycles. The number of hydrogen-bond acceptors (Lipinski definition) is 3. The van der Waals surface area contributed by atoms with Crippen molar-refractivity contribution in [3.05, 3.63) is 47.2 Å². The molecule has 0 atom stereocenters. The first-order valence-corrected chi connectivity index (χ1v) is 5.89. The lowest BCUT2D eigenvalue weighted by atomic mass is 10.3. The first kappa shape index (κ1) is 11.0. The van der Waals surface area contributed by atoms with Crippen LogP contribution in [0.3, 0.4) is 0 Å². The van der Waals surface area contributed by atoms with E-state index >= 15 is 0 Å². The Labute approximate surface area is 109 Å². The molecule has 0 fully saturated rings. The van der Waals surface area contributed by atoms with E-state index in [4.69, 9.17) is 17.3 Å². The molecule has 3 rings (SSSR count). The molecule has 90 valence electrons. The number of aryl methyl sites for hydroxylation is 1. The maximum Gasteiger partial charge on any atom is 0.142 e. The molecule has 3 aromatic rings. The van der Waals surface area contributed by atoms with Gasteiger partial charge in [-0.05, 0) is 30.7 Å². The van der Waals surface area contributed by atoms with Gasteiger partial charge < -0.3 is 5.73 Å². The molecule has 0 bridgehead atoms. The Morgan fingerprint density at radius 1 is 1.33 bits per heavy atom. The Balaban J connectivity index is 2.33. The lowest BCUT2D eigenvalue weighted by Gasteiger charge is -2.00. The van der Waals surface area contributed by atoms with E-state index in [9.17, 15) is 0 Å². The van der Waals surface area contributed by atoms with Crippen LogP contribution in [0.4, 0.5) is 5.82 Å². The number of imidazole rings is 1. The molecule has 0 amide bonds. The highest BCUT2D eigenvalue weighted by Gasteiger charge is 2.13. The molecule has 18 heavy (non-hydrogen) atoms. The number of halogens is 1.